The zero-order valence-corrected chi connectivity index (χ0v) is 9.62. The lowest BCUT2D eigenvalue weighted by molar-refractivity contribution is 0.135. The fraction of sp³-hybridized carbons (Fsp3) is 0.818. The van der Waals surface area contributed by atoms with E-state index in [1.54, 1.807) is 6.26 Å². The number of ether oxygens (including phenoxy) is 1. The fourth-order valence-electron chi connectivity index (χ4n) is 1.22. The van der Waals surface area contributed by atoms with Crippen molar-refractivity contribution >= 4 is 6.08 Å². The number of hydrogen-bond acceptors (Lipinski definition) is 4. The van der Waals surface area contributed by atoms with Crippen LogP contribution in [0.4, 0.5) is 0 Å². The third-order valence-corrected chi connectivity index (χ3v) is 2.31. The first-order valence-corrected chi connectivity index (χ1v) is 5.06. The highest BCUT2D eigenvalue weighted by Gasteiger charge is 2.19. The summed E-state index contributed by atoms with van der Waals surface area (Å²) in [5.74, 6) is 0.368. The minimum Gasteiger partial charge on any atom is -0.427 e. The van der Waals surface area contributed by atoms with Crippen LogP contribution >= 0.6 is 0 Å². The van der Waals surface area contributed by atoms with Gasteiger partial charge < -0.3 is 4.74 Å². The molecule has 4 nitrogen and oxygen atoms in total. The van der Waals surface area contributed by atoms with Crippen LogP contribution in [0.5, 0.6) is 0 Å². The zero-order valence-electron chi connectivity index (χ0n) is 9.62. The summed E-state index contributed by atoms with van der Waals surface area (Å²) in [6.45, 7) is 7.12. The lowest BCUT2D eigenvalue weighted by atomic mass is 9.86. The van der Waals surface area contributed by atoms with Gasteiger partial charge in [-0.1, -0.05) is 20.8 Å². The van der Waals surface area contributed by atoms with Gasteiger partial charge in [-0.25, -0.2) is 9.79 Å². The van der Waals surface area contributed by atoms with Crippen LogP contribution < -0.4 is 0 Å². The second-order valence-corrected chi connectivity index (χ2v) is 4.62. The molecule has 0 bridgehead atoms. The molecule has 15 heavy (non-hydrogen) atoms. The van der Waals surface area contributed by atoms with Gasteiger partial charge in [0, 0.05) is 0 Å². The number of nitriles is 1. The molecule has 0 amide bonds. The Labute approximate surface area is 91.0 Å². The van der Waals surface area contributed by atoms with Crippen molar-refractivity contribution in [3.05, 3.63) is 0 Å². The van der Waals surface area contributed by atoms with Crippen molar-refractivity contribution in [1.29, 1.82) is 5.26 Å². The Morgan fingerprint density at radius 2 is 2.20 bits per heavy atom. The number of hydrogen-bond donors (Lipinski definition) is 0. The highest BCUT2D eigenvalue weighted by atomic mass is 16.5. The summed E-state index contributed by atoms with van der Waals surface area (Å²) in [6, 6.07) is 0. The van der Waals surface area contributed by atoms with E-state index in [1.165, 1.54) is 6.08 Å². The normalized spacial score (nSPS) is 12.4. The van der Waals surface area contributed by atoms with Gasteiger partial charge in [0.15, 0.2) is 0 Å². The third-order valence-electron chi connectivity index (χ3n) is 2.31. The molecule has 0 aromatic rings. The zero-order chi connectivity index (χ0) is 11.7. The maximum Gasteiger partial charge on any atom is 0.286 e. The first kappa shape index (κ1) is 13.7. The maximum atomic E-state index is 9.90. The number of carbonyl (C=O) groups excluding carboxylic acids is 1. The van der Waals surface area contributed by atoms with Crippen LogP contribution in [0.25, 0.3) is 0 Å². The third kappa shape index (κ3) is 7.72. The molecule has 84 valence electrons. The van der Waals surface area contributed by atoms with Gasteiger partial charge in [0.05, 0.1) is 6.54 Å². The van der Waals surface area contributed by atoms with Crippen molar-refractivity contribution in [1.82, 2.24) is 0 Å². The molecule has 0 fully saturated rings. The average molecular weight is 210 g/mol. The Hall–Kier alpha value is -1.33. The Morgan fingerprint density at radius 1 is 1.53 bits per heavy atom. The van der Waals surface area contributed by atoms with Crippen LogP contribution in [-0.4, -0.2) is 19.2 Å². The summed E-state index contributed by atoms with van der Waals surface area (Å²) >= 11 is 0. The first-order chi connectivity index (χ1) is 7.02. The van der Waals surface area contributed by atoms with Crippen LogP contribution in [-0.2, 0) is 9.53 Å². The molecule has 0 aliphatic rings. The quantitative estimate of drug-likeness (QED) is 0.368. The molecule has 0 saturated carbocycles. The standard InChI is InChI=1S/C11H18N2O2/c1-10(6-13-9-14)4-5-11(2,3)7-15-8-12/h10H,4-7H2,1-3H3. The van der Waals surface area contributed by atoms with Gasteiger partial charge in [-0.05, 0) is 24.2 Å². The summed E-state index contributed by atoms with van der Waals surface area (Å²) in [6.07, 6.45) is 5.13. The van der Waals surface area contributed by atoms with Crippen molar-refractivity contribution in [3.8, 4) is 6.26 Å². The Bertz CT molecular complexity index is 262. The fourth-order valence-corrected chi connectivity index (χ4v) is 1.22. The monoisotopic (exact) mass is 210 g/mol. The Balaban J connectivity index is 3.81. The second-order valence-electron chi connectivity index (χ2n) is 4.62. The number of nitrogens with zero attached hydrogens (tertiary/aromatic N) is 2. The molecule has 0 saturated heterocycles. The van der Waals surface area contributed by atoms with E-state index in [-0.39, 0.29) is 5.41 Å². The Morgan fingerprint density at radius 3 is 2.73 bits per heavy atom. The van der Waals surface area contributed by atoms with Gasteiger partial charge in [0.1, 0.15) is 6.61 Å². The van der Waals surface area contributed by atoms with E-state index in [4.69, 9.17) is 10.00 Å². The largest absolute Gasteiger partial charge is 0.427 e. The van der Waals surface area contributed by atoms with Crippen LogP contribution in [0.15, 0.2) is 4.99 Å². The molecule has 1 unspecified atom stereocenters. The molecule has 0 radical (unpaired) electrons. The minimum absolute atomic E-state index is 0.00508. The van der Waals surface area contributed by atoms with Crippen LogP contribution in [0.3, 0.4) is 0 Å². The van der Waals surface area contributed by atoms with Gasteiger partial charge in [-0.15, -0.1) is 0 Å². The summed E-state index contributed by atoms with van der Waals surface area (Å²) in [5.41, 5.74) is -0.00508. The molecule has 1 atom stereocenters. The summed E-state index contributed by atoms with van der Waals surface area (Å²) in [5, 5.41) is 8.29. The van der Waals surface area contributed by atoms with E-state index in [0.29, 0.717) is 19.1 Å². The maximum absolute atomic E-state index is 9.90. The van der Waals surface area contributed by atoms with E-state index < -0.39 is 0 Å². The number of rotatable bonds is 7. The van der Waals surface area contributed by atoms with Crippen LogP contribution in [0, 0.1) is 22.9 Å². The first-order valence-electron chi connectivity index (χ1n) is 5.06. The summed E-state index contributed by atoms with van der Waals surface area (Å²) in [7, 11) is 0. The SMILES string of the molecule is CC(CCC(C)(C)COC#N)CN=C=O. The predicted molar refractivity (Wildman–Crippen MR) is 56.7 cm³/mol. The molecule has 0 rings (SSSR count). The van der Waals surface area contributed by atoms with Gasteiger partial charge in [-0.2, -0.15) is 5.26 Å². The van der Waals surface area contributed by atoms with Crippen molar-refractivity contribution in [3.63, 3.8) is 0 Å². The summed E-state index contributed by atoms with van der Waals surface area (Å²) < 4.78 is 4.73. The minimum atomic E-state index is -0.00508. The molecular weight excluding hydrogens is 192 g/mol. The van der Waals surface area contributed by atoms with E-state index >= 15 is 0 Å². The summed E-state index contributed by atoms with van der Waals surface area (Å²) in [4.78, 5) is 13.4. The van der Waals surface area contributed by atoms with Crippen molar-refractivity contribution in [2.75, 3.05) is 13.2 Å². The number of isocyanates is 1. The smallest absolute Gasteiger partial charge is 0.286 e. The van der Waals surface area contributed by atoms with Crippen LogP contribution in [0.1, 0.15) is 33.6 Å². The van der Waals surface area contributed by atoms with Crippen LogP contribution in [0.2, 0.25) is 0 Å². The van der Waals surface area contributed by atoms with E-state index in [1.807, 2.05) is 6.92 Å². The molecule has 4 heteroatoms. The molecule has 0 aliphatic heterocycles. The second kappa shape index (κ2) is 7.03. The highest BCUT2D eigenvalue weighted by Crippen LogP contribution is 2.25. The molecule has 0 heterocycles. The van der Waals surface area contributed by atoms with E-state index in [9.17, 15) is 4.79 Å². The predicted octanol–water partition coefficient (Wildman–Crippen LogP) is 2.26. The van der Waals surface area contributed by atoms with E-state index in [0.717, 1.165) is 12.8 Å². The van der Waals surface area contributed by atoms with Crippen molar-refractivity contribution in [2.24, 2.45) is 16.3 Å². The number of aliphatic imine (C=N–C) groups is 1. The lowest BCUT2D eigenvalue weighted by Gasteiger charge is -2.23. The molecule has 0 aromatic carbocycles. The molecule has 0 aliphatic carbocycles. The van der Waals surface area contributed by atoms with Gasteiger partial charge in [0.25, 0.3) is 6.26 Å². The molecule has 0 aromatic heterocycles. The Kier molecular flexibility index (Phi) is 6.40. The highest BCUT2D eigenvalue weighted by molar-refractivity contribution is 5.32. The molecule has 0 N–H and O–H groups in total. The van der Waals surface area contributed by atoms with Gasteiger partial charge in [0.2, 0.25) is 6.08 Å². The average Bonchev–Trinajstić information content (AvgIpc) is 2.21. The van der Waals surface area contributed by atoms with Gasteiger partial charge in [-0.3, -0.25) is 0 Å². The van der Waals surface area contributed by atoms with Crippen molar-refractivity contribution < 1.29 is 9.53 Å². The molecule has 0 spiro atoms. The van der Waals surface area contributed by atoms with E-state index in [2.05, 4.69) is 18.8 Å². The molecular formula is C11H18N2O2. The van der Waals surface area contributed by atoms with Crippen molar-refractivity contribution in [2.45, 2.75) is 33.6 Å². The lowest BCUT2D eigenvalue weighted by Crippen LogP contribution is -2.19. The van der Waals surface area contributed by atoms with Gasteiger partial charge >= 0.3 is 0 Å². The topological polar surface area (TPSA) is 62.4 Å².